The van der Waals surface area contributed by atoms with E-state index in [1.165, 1.54) is 55.2 Å². The van der Waals surface area contributed by atoms with Crippen LogP contribution in [0.4, 0.5) is 4.79 Å². The summed E-state index contributed by atoms with van der Waals surface area (Å²) in [6.45, 7) is 0. The summed E-state index contributed by atoms with van der Waals surface area (Å²) in [6.07, 6.45) is 1.52. The summed E-state index contributed by atoms with van der Waals surface area (Å²) in [6, 6.07) is 1.75. The summed E-state index contributed by atoms with van der Waals surface area (Å²) in [4.78, 5) is 52.3. The predicted octanol–water partition coefficient (Wildman–Crippen LogP) is 0.341. The lowest BCUT2D eigenvalue weighted by molar-refractivity contribution is -0.192. The second-order valence-corrected chi connectivity index (χ2v) is 10.4. The van der Waals surface area contributed by atoms with Gasteiger partial charge in [0.25, 0.3) is 17.5 Å². The molecule has 16 heteroatoms. The number of carbonyl (C=O) groups excluding carboxylic acids is 3. The molecule has 13 nitrogen and oxygen atoms in total. The molecule has 1 fully saturated rings. The van der Waals surface area contributed by atoms with Crippen LogP contribution in [0.15, 0.2) is 40.0 Å². The largest absolute Gasteiger partial charge is 0.477 e. The maximum Gasteiger partial charge on any atom is 0.352 e. The lowest BCUT2D eigenvalue weighted by atomic mass is 9.97. The van der Waals surface area contributed by atoms with Gasteiger partial charge in [0.1, 0.15) is 22.1 Å². The van der Waals surface area contributed by atoms with Gasteiger partial charge in [0.2, 0.25) is 0 Å². The number of urea groups is 1. The van der Waals surface area contributed by atoms with E-state index in [9.17, 15) is 24.3 Å². The van der Waals surface area contributed by atoms with Gasteiger partial charge in [0.15, 0.2) is 0 Å². The molecular weight excluding hydrogens is 518 g/mol. The highest BCUT2D eigenvalue weighted by Crippen LogP contribution is 2.47. The van der Waals surface area contributed by atoms with Gasteiger partial charge in [-0.15, -0.1) is 40.0 Å². The number of thiophene rings is 1. The van der Waals surface area contributed by atoms with Crippen LogP contribution >= 0.6 is 34.9 Å². The Kier molecular flexibility index (Phi) is 7.34. The van der Waals surface area contributed by atoms with Crippen molar-refractivity contribution in [1.82, 2.24) is 36.3 Å². The van der Waals surface area contributed by atoms with Gasteiger partial charge in [-0.05, 0) is 17.0 Å². The first kappa shape index (κ1) is 25.0. The third kappa shape index (κ3) is 4.61. The summed E-state index contributed by atoms with van der Waals surface area (Å²) in [5, 5.41) is 29.1. The van der Waals surface area contributed by atoms with E-state index in [2.05, 4.69) is 31.4 Å². The first-order valence-electron chi connectivity index (χ1n) is 10.1. The number of thioether (sulfide) groups is 2. The Bertz CT molecular complexity index is 1160. The molecule has 0 saturated carbocycles. The smallest absolute Gasteiger partial charge is 0.352 e. The SMILES string of the molecule is CNC(=O)NC(C(=O)N[C@]1(OC)C(=O)N2C(C(=O)O)=C(CSc3cnn[nH]3)CSC21)c1cccs1. The van der Waals surface area contributed by atoms with Crippen LogP contribution in [0.5, 0.6) is 0 Å². The van der Waals surface area contributed by atoms with Crippen LogP contribution in [-0.2, 0) is 19.1 Å². The van der Waals surface area contributed by atoms with Crippen molar-refractivity contribution in [1.29, 1.82) is 0 Å². The highest BCUT2D eigenvalue weighted by molar-refractivity contribution is 8.01. The third-order valence-electron chi connectivity index (χ3n) is 5.33. The Balaban J connectivity index is 1.56. The molecule has 4 rings (SSSR count). The van der Waals surface area contributed by atoms with E-state index in [0.29, 0.717) is 27.0 Å². The molecule has 0 aromatic carbocycles. The second-order valence-electron chi connectivity index (χ2n) is 7.31. The normalized spacial score (nSPS) is 22.2. The number of methoxy groups -OCH3 is 1. The van der Waals surface area contributed by atoms with Crippen LogP contribution in [-0.4, -0.2) is 86.0 Å². The molecule has 35 heavy (non-hydrogen) atoms. The maximum atomic E-state index is 13.3. The Labute approximate surface area is 211 Å². The zero-order chi connectivity index (χ0) is 25.2. The Hall–Kier alpha value is -3.08. The van der Waals surface area contributed by atoms with Crippen molar-refractivity contribution in [3.63, 3.8) is 0 Å². The number of carbonyl (C=O) groups is 4. The third-order valence-corrected chi connectivity index (χ3v) is 8.64. The number of nitrogens with zero attached hydrogens (tertiary/aromatic N) is 3. The minimum atomic E-state index is -1.78. The van der Waals surface area contributed by atoms with E-state index >= 15 is 0 Å². The Morgan fingerprint density at radius 2 is 2.26 bits per heavy atom. The fourth-order valence-corrected chi connectivity index (χ4v) is 6.79. The number of ether oxygens (including phenoxy) is 1. The molecule has 2 aromatic rings. The van der Waals surface area contributed by atoms with Gasteiger partial charge in [0.05, 0.1) is 6.20 Å². The fourth-order valence-electron chi connectivity index (χ4n) is 3.66. The number of aromatic nitrogens is 3. The molecule has 4 amide bonds. The molecule has 2 aromatic heterocycles. The van der Waals surface area contributed by atoms with Crippen LogP contribution in [0.1, 0.15) is 10.9 Å². The van der Waals surface area contributed by atoms with E-state index < -0.39 is 41.0 Å². The Morgan fingerprint density at radius 1 is 1.46 bits per heavy atom. The molecule has 0 bridgehead atoms. The number of aliphatic carboxylic acids is 1. The molecule has 186 valence electrons. The van der Waals surface area contributed by atoms with E-state index in [-0.39, 0.29) is 5.70 Å². The summed E-state index contributed by atoms with van der Waals surface area (Å²) in [7, 11) is 2.68. The van der Waals surface area contributed by atoms with Gasteiger partial charge >= 0.3 is 12.0 Å². The molecule has 2 unspecified atom stereocenters. The molecule has 4 heterocycles. The van der Waals surface area contributed by atoms with Crippen molar-refractivity contribution in [3.05, 3.63) is 39.9 Å². The zero-order valence-corrected chi connectivity index (χ0v) is 20.9. The minimum absolute atomic E-state index is 0.140. The monoisotopic (exact) mass is 539 g/mol. The van der Waals surface area contributed by atoms with Crippen molar-refractivity contribution in [2.75, 3.05) is 25.7 Å². The van der Waals surface area contributed by atoms with Crippen molar-refractivity contribution >= 4 is 58.7 Å². The summed E-state index contributed by atoms with van der Waals surface area (Å²) in [5.74, 6) is -2.02. The number of aromatic amines is 1. The first-order valence-corrected chi connectivity index (χ1v) is 13.0. The fraction of sp³-hybridized carbons (Fsp3) is 0.368. The predicted molar refractivity (Wildman–Crippen MR) is 127 cm³/mol. The molecular formula is C19H21N7O6S3. The van der Waals surface area contributed by atoms with Gasteiger partial charge < -0.3 is 25.8 Å². The summed E-state index contributed by atoms with van der Waals surface area (Å²) < 4.78 is 5.50. The molecule has 3 atom stereocenters. The number of carboxylic acid groups (broad SMARTS) is 1. The van der Waals surface area contributed by atoms with Gasteiger partial charge in [-0.2, -0.15) is 0 Å². The van der Waals surface area contributed by atoms with Gasteiger partial charge in [-0.25, -0.2) is 9.59 Å². The lowest BCUT2D eigenvalue weighted by Gasteiger charge is -2.56. The van der Waals surface area contributed by atoms with Crippen molar-refractivity contribution in [2.45, 2.75) is 22.2 Å². The minimum Gasteiger partial charge on any atom is -0.477 e. The zero-order valence-electron chi connectivity index (χ0n) is 18.4. The number of hydrogen-bond donors (Lipinski definition) is 5. The van der Waals surface area contributed by atoms with E-state index in [1.54, 1.807) is 17.5 Å². The maximum absolute atomic E-state index is 13.3. The van der Waals surface area contributed by atoms with E-state index in [0.717, 1.165) is 4.90 Å². The molecule has 0 radical (unpaired) electrons. The molecule has 1 saturated heterocycles. The standard InChI is InChI=1S/C19H21N7O6S3/c1-20-18(31)22-12(10-4-3-5-33-10)14(27)23-19(32-2)16(30)26-13(15(28)29)9(8-35-17(19)26)7-34-11-6-21-25-24-11/h3-6,12,17H,7-8H2,1-2H3,(H,23,27)(H,28,29)(H2,20,22,31)(H,21,24,25)/t12?,17?,19-/m0/s1. The van der Waals surface area contributed by atoms with Crippen LogP contribution in [0.25, 0.3) is 0 Å². The number of amides is 4. The number of rotatable bonds is 9. The summed E-state index contributed by atoms with van der Waals surface area (Å²) >= 11 is 3.85. The van der Waals surface area contributed by atoms with Crippen molar-refractivity contribution in [2.24, 2.45) is 0 Å². The number of H-pyrrole nitrogens is 1. The quantitative estimate of drug-likeness (QED) is 0.169. The molecule has 2 aliphatic rings. The molecule has 2 aliphatic heterocycles. The average Bonchev–Trinajstić information content (AvgIpc) is 3.57. The average molecular weight is 540 g/mol. The second kappa shape index (κ2) is 10.3. The lowest BCUT2D eigenvalue weighted by Crippen LogP contribution is -2.81. The Morgan fingerprint density at radius 3 is 2.86 bits per heavy atom. The first-order chi connectivity index (χ1) is 16.8. The number of hydrogen-bond acceptors (Lipinski definition) is 10. The topological polar surface area (TPSA) is 179 Å². The molecule has 0 spiro atoms. The van der Waals surface area contributed by atoms with E-state index in [1.807, 2.05) is 0 Å². The van der Waals surface area contributed by atoms with Crippen LogP contribution in [0, 0.1) is 0 Å². The molecule has 5 N–H and O–H groups in total. The number of fused-ring (bicyclic) bond motifs is 1. The number of carboxylic acids is 1. The van der Waals surface area contributed by atoms with E-state index in [4.69, 9.17) is 4.74 Å². The van der Waals surface area contributed by atoms with Crippen LogP contribution in [0.3, 0.4) is 0 Å². The van der Waals surface area contributed by atoms with Crippen molar-refractivity contribution in [3.8, 4) is 0 Å². The highest BCUT2D eigenvalue weighted by Gasteiger charge is 2.67. The number of β-lactam (4-membered cyclic amide) rings is 1. The van der Waals surface area contributed by atoms with Gasteiger partial charge in [-0.3, -0.25) is 19.6 Å². The van der Waals surface area contributed by atoms with Gasteiger partial charge in [-0.1, -0.05) is 11.3 Å². The van der Waals surface area contributed by atoms with Crippen LogP contribution in [0.2, 0.25) is 0 Å². The van der Waals surface area contributed by atoms with Crippen molar-refractivity contribution < 1.29 is 29.0 Å². The van der Waals surface area contributed by atoms with Crippen LogP contribution < -0.4 is 16.0 Å². The van der Waals surface area contributed by atoms with Gasteiger partial charge in [0, 0.05) is 30.5 Å². The molecule has 0 aliphatic carbocycles. The number of nitrogens with one attached hydrogen (secondary N) is 4. The summed E-state index contributed by atoms with van der Waals surface area (Å²) in [5.41, 5.74) is -1.38. The highest BCUT2D eigenvalue weighted by atomic mass is 32.2.